The summed E-state index contributed by atoms with van der Waals surface area (Å²) in [6.07, 6.45) is 5.06. The molecule has 0 radical (unpaired) electrons. The van der Waals surface area contributed by atoms with Gasteiger partial charge in [0, 0.05) is 12.2 Å². The van der Waals surface area contributed by atoms with Crippen molar-refractivity contribution in [2.45, 2.75) is 32.6 Å². The van der Waals surface area contributed by atoms with E-state index in [9.17, 15) is 4.79 Å². The Labute approximate surface area is 119 Å². The number of halogens is 1. The monoisotopic (exact) mass is 280 g/mol. The fraction of sp³-hybridized carbons (Fsp3) is 0.533. The summed E-state index contributed by atoms with van der Waals surface area (Å²) in [7, 11) is 0. The van der Waals surface area contributed by atoms with Crippen molar-refractivity contribution in [2.75, 3.05) is 12.3 Å². The molecule has 0 aliphatic heterocycles. The summed E-state index contributed by atoms with van der Waals surface area (Å²) >= 11 is 6.03. The Balaban J connectivity index is 1.93. The average Bonchev–Trinajstić information content (AvgIpc) is 2.37. The van der Waals surface area contributed by atoms with Crippen LogP contribution < -0.4 is 11.1 Å². The van der Waals surface area contributed by atoms with Crippen LogP contribution in [-0.2, 0) is 0 Å². The van der Waals surface area contributed by atoms with E-state index in [2.05, 4.69) is 12.2 Å². The first-order valence-electron chi connectivity index (χ1n) is 6.91. The molecule has 3 nitrogen and oxygen atoms in total. The molecule has 0 saturated heterocycles. The van der Waals surface area contributed by atoms with Crippen LogP contribution in [0.5, 0.6) is 0 Å². The minimum atomic E-state index is -0.109. The molecule has 1 amide bonds. The SMILES string of the molecule is CC1CCCCC1CNC(=O)c1ccc(N)cc1Cl. The molecule has 104 valence electrons. The van der Waals surface area contributed by atoms with E-state index in [4.69, 9.17) is 17.3 Å². The zero-order chi connectivity index (χ0) is 13.8. The van der Waals surface area contributed by atoms with Crippen LogP contribution in [0.4, 0.5) is 5.69 Å². The number of nitrogens with two attached hydrogens (primary N) is 1. The smallest absolute Gasteiger partial charge is 0.252 e. The van der Waals surface area contributed by atoms with E-state index in [1.807, 2.05) is 0 Å². The van der Waals surface area contributed by atoms with Gasteiger partial charge in [0.2, 0.25) is 0 Å². The van der Waals surface area contributed by atoms with Crippen molar-refractivity contribution in [3.8, 4) is 0 Å². The predicted octanol–water partition coefficient (Wildman–Crippen LogP) is 3.48. The highest BCUT2D eigenvalue weighted by Crippen LogP contribution is 2.29. The summed E-state index contributed by atoms with van der Waals surface area (Å²) in [5.74, 6) is 1.17. The molecule has 0 aromatic heterocycles. The molecule has 1 aromatic carbocycles. The first kappa shape index (κ1) is 14.2. The van der Waals surface area contributed by atoms with Gasteiger partial charge < -0.3 is 11.1 Å². The van der Waals surface area contributed by atoms with E-state index in [1.165, 1.54) is 25.7 Å². The van der Waals surface area contributed by atoms with E-state index in [0.717, 1.165) is 6.54 Å². The van der Waals surface area contributed by atoms with Crippen LogP contribution in [0.25, 0.3) is 0 Å². The quantitative estimate of drug-likeness (QED) is 0.833. The summed E-state index contributed by atoms with van der Waals surface area (Å²) in [6, 6.07) is 4.99. The third-order valence-electron chi connectivity index (χ3n) is 4.05. The van der Waals surface area contributed by atoms with Gasteiger partial charge in [-0.25, -0.2) is 0 Å². The molecular weight excluding hydrogens is 260 g/mol. The number of nitrogen functional groups attached to an aromatic ring is 1. The van der Waals surface area contributed by atoms with Crippen LogP contribution in [0, 0.1) is 11.8 Å². The van der Waals surface area contributed by atoms with Gasteiger partial charge in [0.1, 0.15) is 0 Å². The first-order chi connectivity index (χ1) is 9.08. The Bertz CT molecular complexity index is 461. The van der Waals surface area contributed by atoms with Crippen LogP contribution >= 0.6 is 11.6 Å². The molecule has 1 aliphatic rings. The Hall–Kier alpha value is -1.22. The van der Waals surface area contributed by atoms with Crippen molar-refractivity contribution in [3.05, 3.63) is 28.8 Å². The third kappa shape index (κ3) is 3.63. The van der Waals surface area contributed by atoms with E-state index >= 15 is 0 Å². The van der Waals surface area contributed by atoms with Gasteiger partial charge in [0.25, 0.3) is 5.91 Å². The fourth-order valence-corrected chi connectivity index (χ4v) is 3.01. The average molecular weight is 281 g/mol. The minimum Gasteiger partial charge on any atom is -0.399 e. The highest BCUT2D eigenvalue weighted by molar-refractivity contribution is 6.34. The lowest BCUT2D eigenvalue weighted by Crippen LogP contribution is -2.33. The van der Waals surface area contributed by atoms with Crippen LogP contribution in [0.3, 0.4) is 0 Å². The van der Waals surface area contributed by atoms with Crippen LogP contribution in [0.15, 0.2) is 18.2 Å². The molecule has 0 bridgehead atoms. The van der Waals surface area contributed by atoms with E-state index in [1.54, 1.807) is 18.2 Å². The zero-order valence-corrected chi connectivity index (χ0v) is 12.0. The number of amides is 1. The second-order valence-electron chi connectivity index (χ2n) is 5.47. The molecular formula is C15H21ClN2O. The van der Waals surface area contributed by atoms with Crippen molar-refractivity contribution in [1.82, 2.24) is 5.32 Å². The van der Waals surface area contributed by atoms with Crippen LogP contribution in [0.2, 0.25) is 5.02 Å². The van der Waals surface area contributed by atoms with Gasteiger partial charge in [-0.2, -0.15) is 0 Å². The van der Waals surface area contributed by atoms with Gasteiger partial charge in [0.15, 0.2) is 0 Å². The lowest BCUT2D eigenvalue weighted by Gasteiger charge is -2.28. The molecule has 1 saturated carbocycles. The number of hydrogen-bond acceptors (Lipinski definition) is 2. The summed E-state index contributed by atoms with van der Waals surface area (Å²) in [5, 5.41) is 3.41. The van der Waals surface area contributed by atoms with Gasteiger partial charge >= 0.3 is 0 Å². The number of hydrogen-bond donors (Lipinski definition) is 2. The molecule has 0 spiro atoms. The first-order valence-corrected chi connectivity index (χ1v) is 7.29. The summed E-state index contributed by atoms with van der Waals surface area (Å²) in [6.45, 7) is 3.01. The van der Waals surface area contributed by atoms with Crippen molar-refractivity contribution in [1.29, 1.82) is 0 Å². The maximum absolute atomic E-state index is 12.1. The van der Waals surface area contributed by atoms with E-state index in [0.29, 0.717) is 28.1 Å². The fourth-order valence-electron chi connectivity index (χ4n) is 2.73. The highest BCUT2D eigenvalue weighted by Gasteiger charge is 2.22. The molecule has 0 heterocycles. The third-order valence-corrected chi connectivity index (χ3v) is 4.36. The zero-order valence-electron chi connectivity index (χ0n) is 11.3. The molecule has 2 unspecified atom stereocenters. The van der Waals surface area contributed by atoms with E-state index in [-0.39, 0.29) is 5.91 Å². The van der Waals surface area contributed by atoms with Crippen molar-refractivity contribution >= 4 is 23.2 Å². The van der Waals surface area contributed by atoms with Crippen LogP contribution in [-0.4, -0.2) is 12.5 Å². The minimum absolute atomic E-state index is 0.109. The highest BCUT2D eigenvalue weighted by atomic mass is 35.5. The number of rotatable bonds is 3. The summed E-state index contributed by atoms with van der Waals surface area (Å²) in [5.41, 5.74) is 6.69. The topological polar surface area (TPSA) is 55.1 Å². The summed E-state index contributed by atoms with van der Waals surface area (Å²) in [4.78, 5) is 12.1. The van der Waals surface area contributed by atoms with Crippen molar-refractivity contribution < 1.29 is 4.79 Å². The molecule has 19 heavy (non-hydrogen) atoms. The molecule has 2 atom stereocenters. The normalized spacial score (nSPS) is 23.1. The van der Waals surface area contributed by atoms with Gasteiger partial charge in [-0.15, -0.1) is 0 Å². The standard InChI is InChI=1S/C15H21ClN2O/c1-10-4-2-3-5-11(10)9-18-15(19)13-7-6-12(17)8-14(13)16/h6-8,10-11H,2-5,9,17H2,1H3,(H,18,19). The lowest BCUT2D eigenvalue weighted by molar-refractivity contribution is 0.0936. The van der Waals surface area contributed by atoms with Crippen molar-refractivity contribution in [2.24, 2.45) is 11.8 Å². The molecule has 1 fully saturated rings. The second kappa shape index (κ2) is 6.29. The Morgan fingerprint density at radius 1 is 1.42 bits per heavy atom. The maximum Gasteiger partial charge on any atom is 0.252 e. The molecule has 4 heteroatoms. The van der Waals surface area contributed by atoms with Gasteiger partial charge in [-0.05, 0) is 36.5 Å². The Morgan fingerprint density at radius 2 is 2.16 bits per heavy atom. The maximum atomic E-state index is 12.1. The summed E-state index contributed by atoms with van der Waals surface area (Å²) < 4.78 is 0. The van der Waals surface area contributed by atoms with E-state index < -0.39 is 0 Å². The number of benzene rings is 1. The predicted molar refractivity (Wildman–Crippen MR) is 79.3 cm³/mol. The number of carbonyl (C=O) groups excluding carboxylic acids is 1. The number of nitrogens with one attached hydrogen (secondary N) is 1. The molecule has 3 N–H and O–H groups in total. The molecule has 1 aromatic rings. The molecule has 1 aliphatic carbocycles. The second-order valence-corrected chi connectivity index (χ2v) is 5.88. The van der Waals surface area contributed by atoms with Gasteiger partial charge in [-0.3, -0.25) is 4.79 Å². The largest absolute Gasteiger partial charge is 0.399 e. The Kier molecular flexibility index (Phi) is 4.70. The lowest BCUT2D eigenvalue weighted by atomic mass is 9.80. The molecule has 2 rings (SSSR count). The van der Waals surface area contributed by atoms with Gasteiger partial charge in [0.05, 0.1) is 10.6 Å². The van der Waals surface area contributed by atoms with Crippen molar-refractivity contribution in [3.63, 3.8) is 0 Å². The van der Waals surface area contributed by atoms with Gasteiger partial charge in [-0.1, -0.05) is 37.8 Å². The Morgan fingerprint density at radius 3 is 2.84 bits per heavy atom. The number of anilines is 1. The number of carbonyl (C=O) groups is 1. The van der Waals surface area contributed by atoms with Crippen LogP contribution in [0.1, 0.15) is 43.0 Å².